The predicted molar refractivity (Wildman–Crippen MR) is 103 cm³/mol. The molecule has 1 fully saturated rings. The highest BCUT2D eigenvalue weighted by molar-refractivity contribution is 5.97. The van der Waals surface area contributed by atoms with E-state index in [0.717, 1.165) is 12.8 Å². The summed E-state index contributed by atoms with van der Waals surface area (Å²) < 4.78 is 20.8. The largest absolute Gasteiger partial charge is 0.393 e. The topological polar surface area (TPSA) is 71.1 Å². The monoisotopic (exact) mass is 386 g/mol. The van der Waals surface area contributed by atoms with Crippen LogP contribution < -0.4 is 0 Å². The van der Waals surface area contributed by atoms with Gasteiger partial charge in [0.15, 0.2) is 0 Å². The molecule has 0 amide bonds. The van der Waals surface area contributed by atoms with Crippen molar-refractivity contribution < 1.29 is 28.5 Å². The second-order valence-corrected chi connectivity index (χ2v) is 7.59. The Bertz CT molecular complexity index is 438. The summed E-state index contributed by atoms with van der Waals surface area (Å²) in [5.74, 6) is -1.88. The fourth-order valence-electron chi connectivity index (χ4n) is 3.90. The highest BCUT2D eigenvalue weighted by Gasteiger charge is 2.48. The summed E-state index contributed by atoms with van der Waals surface area (Å²) in [5, 5.41) is 0. The van der Waals surface area contributed by atoms with Gasteiger partial charge in [0.25, 0.3) is 5.97 Å². The number of ether oxygens (including phenoxy) is 4. The third-order valence-electron chi connectivity index (χ3n) is 5.70. The summed E-state index contributed by atoms with van der Waals surface area (Å²) in [6.45, 7) is 2.22. The second kappa shape index (κ2) is 12.5. The maximum atomic E-state index is 12.4. The second-order valence-electron chi connectivity index (χ2n) is 7.59. The van der Waals surface area contributed by atoms with E-state index >= 15 is 0 Å². The highest BCUT2D eigenvalue weighted by atomic mass is 16.9. The standard InChI is InChI=1S/C21H38O6/c1-5-6-7-8-9-10-11-12-14-20(17-18(22)27-19(20)23)15-13-16-21(24-2,25-3)26-4/h5-17H2,1-4H3. The average molecular weight is 387 g/mol. The van der Waals surface area contributed by atoms with Crippen LogP contribution in [-0.2, 0) is 28.5 Å². The van der Waals surface area contributed by atoms with Gasteiger partial charge in [0.1, 0.15) is 0 Å². The number of esters is 2. The molecule has 0 bridgehead atoms. The summed E-state index contributed by atoms with van der Waals surface area (Å²) in [6, 6.07) is 0. The summed E-state index contributed by atoms with van der Waals surface area (Å²) >= 11 is 0. The van der Waals surface area contributed by atoms with Gasteiger partial charge in [-0.2, -0.15) is 0 Å². The Kier molecular flexibility index (Phi) is 11.1. The molecular formula is C21H38O6. The molecule has 0 N–H and O–H groups in total. The molecule has 1 aliphatic heterocycles. The molecule has 0 aromatic carbocycles. The van der Waals surface area contributed by atoms with Gasteiger partial charge in [-0.25, -0.2) is 0 Å². The van der Waals surface area contributed by atoms with Crippen molar-refractivity contribution in [3.63, 3.8) is 0 Å². The van der Waals surface area contributed by atoms with Gasteiger partial charge in [0.2, 0.25) is 0 Å². The smallest absolute Gasteiger partial charge is 0.320 e. The zero-order valence-corrected chi connectivity index (χ0v) is 17.6. The number of rotatable bonds is 16. The molecule has 1 atom stereocenters. The lowest BCUT2D eigenvalue weighted by Crippen LogP contribution is -2.36. The van der Waals surface area contributed by atoms with Gasteiger partial charge in [0, 0.05) is 27.8 Å². The Hall–Kier alpha value is -0.980. The van der Waals surface area contributed by atoms with E-state index in [0.29, 0.717) is 25.7 Å². The van der Waals surface area contributed by atoms with E-state index in [2.05, 4.69) is 6.92 Å². The first kappa shape index (κ1) is 24.1. The third-order valence-corrected chi connectivity index (χ3v) is 5.70. The van der Waals surface area contributed by atoms with Crippen molar-refractivity contribution >= 4 is 11.9 Å². The molecule has 1 aliphatic rings. The van der Waals surface area contributed by atoms with Crippen molar-refractivity contribution in [2.45, 2.75) is 96.4 Å². The predicted octanol–water partition coefficient (Wildman–Crippen LogP) is 4.74. The molecule has 1 rings (SSSR count). The summed E-state index contributed by atoms with van der Waals surface area (Å²) in [4.78, 5) is 24.1. The van der Waals surface area contributed by atoms with Gasteiger partial charge in [-0.05, 0) is 19.3 Å². The Morgan fingerprint density at radius 3 is 1.85 bits per heavy atom. The summed E-state index contributed by atoms with van der Waals surface area (Å²) in [5.41, 5.74) is -0.694. The summed E-state index contributed by atoms with van der Waals surface area (Å²) in [6.07, 6.45) is 12.2. The number of unbranched alkanes of at least 4 members (excludes halogenated alkanes) is 7. The lowest BCUT2D eigenvalue weighted by molar-refractivity contribution is -0.355. The first-order chi connectivity index (χ1) is 13.0. The first-order valence-electron chi connectivity index (χ1n) is 10.4. The molecule has 1 heterocycles. The molecule has 0 aromatic rings. The molecule has 0 spiro atoms. The molecule has 0 aromatic heterocycles. The van der Waals surface area contributed by atoms with Gasteiger partial charge in [-0.3, -0.25) is 9.59 Å². The Labute approximate surface area is 164 Å². The molecule has 0 aliphatic carbocycles. The van der Waals surface area contributed by atoms with E-state index in [-0.39, 0.29) is 12.4 Å². The highest BCUT2D eigenvalue weighted by Crippen LogP contribution is 2.42. The van der Waals surface area contributed by atoms with Crippen LogP contribution in [0.25, 0.3) is 0 Å². The third kappa shape index (κ3) is 7.51. The molecule has 6 heteroatoms. The van der Waals surface area contributed by atoms with Gasteiger partial charge in [0.05, 0.1) is 11.8 Å². The lowest BCUT2D eigenvalue weighted by atomic mass is 9.76. The number of hydrogen-bond acceptors (Lipinski definition) is 6. The Morgan fingerprint density at radius 2 is 1.37 bits per heavy atom. The maximum Gasteiger partial charge on any atom is 0.320 e. The van der Waals surface area contributed by atoms with Crippen LogP contribution in [0.4, 0.5) is 0 Å². The molecule has 6 nitrogen and oxygen atoms in total. The van der Waals surface area contributed by atoms with Crippen molar-refractivity contribution in [1.29, 1.82) is 0 Å². The van der Waals surface area contributed by atoms with E-state index in [9.17, 15) is 9.59 Å². The minimum Gasteiger partial charge on any atom is -0.393 e. The van der Waals surface area contributed by atoms with Crippen LogP contribution in [-0.4, -0.2) is 39.2 Å². The van der Waals surface area contributed by atoms with Crippen LogP contribution in [0.2, 0.25) is 0 Å². The molecule has 0 radical (unpaired) electrons. The minimum absolute atomic E-state index is 0.183. The Balaban J connectivity index is 2.47. The van der Waals surface area contributed by atoms with Gasteiger partial charge in [-0.15, -0.1) is 0 Å². The van der Waals surface area contributed by atoms with Gasteiger partial charge < -0.3 is 18.9 Å². The van der Waals surface area contributed by atoms with Crippen LogP contribution in [0.15, 0.2) is 0 Å². The minimum atomic E-state index is -1.10. The van der Waals surface area contributed by atoms with E-state index < -0.39 is 17.4 Å². The molecule has 0 saturated carbocycles. The fourth-order valence-corrected chi connectivity index (χ4v) is 3.90. The van der Waals surface area contributed by atoms with Crippen molar-refractivity contribution in [3.8, 4) is 0 Å². The molecule has 1 saturated heterocycles. The van der Waals surface area contributed by atoms with E-state index in [1.165, 1.54) is 59.9 Å². The van der Waals surface area contributed by atoms with Crippen molar-refractivity contribution in [2.75, 3.05) is 21.3 Å². The maximum absolute atomic E-state index is 12.4. The number of carbonyl (C=O) groups is 2. The van der Waals surface area contributed by atoms with E-state index in [1.54, 1.807) is 0 Å². The van der Waals surface area contributed by atoms with Crippen LogP contribution >= 0.6 is 0 Å². The number of cyclic esters (lactones) is 2. The first-order valence-corrected chi connectivity index (χ1v) is 10.4. The van der Waals surface area contributed by atoms with Crippen LogP contribution in [0.3, 0.4) is 0 Å². The average Bonchev–Trinajstić information content (AvgIpc) is 2.95. The van der Waals surface area contributed by atoms with Gasteiger partial charge >= 0.3 is 11.9 Å². The van der Waals surface area contributed by atoms with E-state index in [1.807, 2.05) is 0 Å². The Morgan fingerprint density at radius 1 is 0.852 bits per heavy atom. The molecule has 158 valence electrons. The lowest BCUT2D eigenvalue weighted by Gasteiger charge is -2.30. The van der Waals surface area contributed by atoms with Crippen molar-refractivity contribution in [2.24, 2.45) is 5.41 Å². The fraction of sp³-hybridized carbons (Fsp3) is 0.905. The van der Waals surface area contributed by atoms with Gasteiger partial charge in [-0.1, -0.05) is 58.3 Å². The van der Waals surface area contributed by atoms with Crippen molar-refractivity contribution in [1.82, 2.24) is 0 Å². The van der Waals surface area contributed by atoms with Crippen LogP contribution in [0.5, 0.6) is 0 Å². The van der Waals surface area contributed by atoms with Crippen molar-refractivity contribution in [3.05, 3.63) is 0 Å². The molecular weight excluding hydrogens is 348 g/mol. The normalized spacial score (nSPS) is 20.3. The summed E-state index contributed by atoms with van der Waals surface area (Å²) in [7, 11) is 4.57. The SMILES string of the molecule is CCCCCCCCCCC1(CCCC(OC)(OC)OC)CC(=O)OC1=O. The zero-order valence-electron chi connectivity index (χ0n) is 17.6. The number of hydrogen-bond donors (Lipinski definition) is 0. The molecule has 1 unspecified atom stereocenters. The number of carbonyl (C=O) groups excluding carboxylic acids is 2. The quantitative estimate of drug-likeness (QED) is 0.165. The zero-order chi connectivity index (χ0) is 20.2. The van der Waals surface area contributed by atoms with Crippen LogP contribution in [0.1, 0.15) is 90.4 Å². The van der Waals surface area contributed by atoms with E-state index in [4.69, 9.17) is 18.9 Å². The number of methoxy groups -OCH3 is 3. The molecule has 27 heavy (non-hydrogen) atoms. The van der Waals surface area contributed by atoms with Crippen LogP contribution in [0, 0.1) is 5.41 Å².